The molecule has 3 aromatic carbocycles. The van der Waals surface area contributed by atoms with Crippen molar-refractivity contribution < 1.29 is 14.3 Å². The number of anilines is 1. The van der Waals surface area contributed by atoms with Gasteiger partial charge in [-0.15, -0.1) is 0 Å². The van der Waals surface area contributed by atoms with E-state index in [1.165, 1.54) is 5.56 Å². The third-order valence-corrected chi connectivity index (χ3v) is 6.10. The first-order chi connectivity index (χ1) is 16.1. The van der Waals surface area contributed by atoms with Crippen molar-refractivity contribution in [3.63, 3.8) is 0 Å². The Labute approximate surface area is 195 Å². The number of carbonyl (C=O) groups excluding carboxylic acids is 2. The van der Waals surface area contributed by atoms with Crippen molar-refractivity contribution in [2.75, 3.05) is 25.0 Å². The van der Waals surface area contributed by atoms with Crippen molar-refractivity contribution in [1.29, 1.82) is 0 Å². The van der Waals surface area contributed by atoms with Gasteiger partial charge >= 0.3 is 0 Å². The molecule has 1 saturated heterocycles. The number of amides is 2. The third-order valence-electron chi connectivity index (χ3n) is 6.10. The van der Waals surface area contributed by atoms with E-state index in [2.05, 4.69) is 24.4 Å². The Morgan fingerprint density at radius 1 is 0.879 bits per heavy atom. The van der Waals surface area contributed by atoms with Crippen LogP contribution in [0.3, 0.4) is 0 Å². The molecule has 0 aromatic heterocycles. The highest BCUT2D eigenvalue weighted by atomic mass is 16.5. The van der Waals surface area contributed by atoms with Gasteiger partial charge in [0.1, 0.15) is 5.75 Å². The Morgan fingerprint density at radius 2 is 1.52 bits per heavy atom. The highest BCUT2D eigenvalue weighted by Crippen LogP contribution is 2.24. The second-order valence-electron chi connectivity index (χ2n) is 8.55. The number of hydrogen-bond acceptors (Lipinski definition) is 3. The van der Waals surface area contributed by atoms with Gasteiger partial charge in [-0.2, -0.15) is 0 Å². The highest BCUT2D eigenvalue weighted by molar-refractivity contribution is 6.10. The van der Waals surface area contributed by atoms with Crippen LogP contribution >= 0.6 is 0 Å². The minimum absolute atomic E-state index is 0.0369. The van der Waals surface area contributed by atoms with Gasteiger partial charge in [0.25, 0.3) is 11.8 Å². The first-order valence-electron chi connectivity index (χ1n) is 11.6. The molecule has 1 heterocycles. The molecule has 0 atom stereocenters. The van der Waals surface area contributed by atoms with Crippen LogP contribution in [-0.4, -0.2) is 36.4 Å². The largest absolute Gasteiger partial charge is 0.492 e. The Balaban J connectivity index is 1.45. The summed E-state index contributed by atoms with van der Waals surface area (Å²) in [5.74, 6) is 0.838. The molecule has 5 nitrogen and oxygen atoms in total. The van der Waals surface area contributed by atoms with E-state index in [1.807, 2.05) is 47.4 Å². The molecule has 0 bridgehead atoms. The summed E-state index contributed by atoms with van der Waals surface area (Å²) in [4.78, 5) is 28.2. The van der Waals surface area contributed by atoms with Crippen LogP contribution in [0.5, 0.6) is 5.75 Å². The lowest BCUT2D eigenvalue weighted by Gasteiger charge is -2.30. The molecule has 1 N–H and O–H groups in total. The molecule has 4 rings (SSSR count). The number of likely N-dealkylation sites (tertiary alicyclic amines) is 1. The number of benzene rings is 3. The molecule has 170 valence electrons. The quantitative estimate of drug-likeness (QED) is 0.531. The Morgan fingerprint density at radius 3 is 2.27 bits per heavy atom. The molecule has 0 saturated carbocycles. The summed E-state index contributed by atoms with van der Waals surface area (Å²) in [5.41, 5.74) is 2.66. The van der Waals surface area contributed by atoms with Crippen LogP contribution in [0.25, 0.3) is 0 Å². The molecular weight excluding hydrogens is 412 g/mol. The van der Waals surface area contributed by atoms with Crippen LogP contribution in [0.2, 0.25) is 0 Å². The first kappa shape index (κ1) is 22.6. The lowest BCUT2D eigenvalue weighted by atomic mass is 9.98. The molecule has 2 amide bonds. The fourth-order valence-corrected chi connectivity index (χ4v) is 4.05. The van der Waals surface area contributed by atoms with Gasteiger partial charge in [-0.25, -0.2) is 0 Å². The topological polar surface area (TPSA) is 58.6 Å². The summed E-state index contributed by atoms with van der Waals surface area (Å²) >= 11 is 0. The van der Waals surface area contributed by atoms with E-state index < -0.39 is 0 Å². The summed E-state index contributed by atoms with van der Waals surface area (Å²) in [6, 6.07) is 24.5. The summed E-state index contributed by atoms with van der Waals surface area (Å²) in [6.07, 6.45) is 2.77. The van der Waals surface area contributed by atoms with Crippen molar-refractivity contribution in [3.05, 3.63) is 95.6 Å². The van der Waals surface area contributed by atoms with E-state index in [0.717, 1.165) is 32.4 Å². The van der Waals surface area contributed by atoms with E-state index in [1.54, 1.807) is 24.3 Å². The van der Waals surface area contributed by atoms with Gasteiger partial charge in [-0.3, -0.25) is 9.59 Å². The number of nitrogens with zero attached hydrogens (tertiary/aromatic N) is 1. The second kappa shape index (κ2) is 10.8. The fourth-order valence-electron chi connectivity index (χ4n) is 4.05. The summed E-state index contributed by atoms with van der Waals surface area (Å²) in [5, 5.41) is 2.94. The van der Waals surface area contributed by atoms with Crippen molar-refractivity contribution >= 4 is 17.5 Å². The number of ether oxygens (including phenoxy) is 1. The number of carbonyl (C=O) groups is 2. The van der Waals surface area contributed by atoms with Crippen LogP contribution in [0, 0.1) is 5.92 Å². The Kier molecular flexibility index (Phi) is 7.40. The molecule has 5 heteroatoms. The minimum atomic E-state index is -0.294. The van der Waals surface area contributed by atoms with Gasteiger partial charge in [0.05, 0.1) is 23.4 Å². The molecule has 0 unspecified atom stereocenters. The Bertz CT molecular complexity index is 1090. The first-order valence-corrected chi connectivity index (χ1v) is 11.6. The lowest BCUT2D eigenvalue weighted by molar-refractivity contribution is 0.0698. The maximum absolute atomic E-state index is 13.1. The molecule has 33 heavy (non-hydrogen) atoms. The van der Waals surface area contributed by atoms with Crippen LogP contribution in [-0.2, 0) is 6.42 Å². The van der Waals surface area contributed by atoms with Crippen LogP contribution < -0.4 is 10.1 Å². The smallest absolute Gasteiger partial charge is 0.259 e. The minimum Gasteiger partial charge on any atom is -0.492 e. The van der Waals surface area contributed by atoms with Crippen molar-refractivity contribution in [1.82, 2.24) is 4.90 Å². The second-order valence-corrected chi connectivity index (χ2v) is 8.55. The number of rotatable bonds is 7. The Hall–Kier alpha value is -3.60. The number of hydrogen-bond donors (Lipinski definition) is 1. The number of piperidine rings is 1. The predicted octanol–water partition coefficient (Wildman–Crippen LogP) is 5.43. The predicted molar refractivity (Wildman–Crippen MR) is 131 cm³/mol. The maximum Gasteiger partial charge on any atom is 0.259 e. The zero-order chi connectivity index (χ0) is 23.0. The average Bonchev–Trinajstić information content (AvgIpc) is 2.85. The van der Waals surface area contributed by atoms with E-state index in [9.17, 15) is 9.59 Å². The summed E-state index contributed by atoms with van der Waals surface area (Å²) in [6.45, 7) is 4.19. The van der Waals surface area contributed by atoms with Gasteiger partial charge < -0.3 is 15.0 Å². The van der Waals surface area contributed by atoms with Crippen molar-refractivity contribution in [2.24, 2.45) is 5.92 Å². The van der Waals surface area contributed by atoms with Gasteiger partial charge in [-0.05, 0) is 48.6 Å². The molecular formula is C28H30N2O3. The summed E-state index contributed by atoms with van der Waals surface area (Å²) in [7, 11) is 0. The van der Waals surface area contributed by atoms with Crippen molar-refractivity contribution in [3.8, 4) is 5.75 Å². The highest BCUT2D eigenvalue weighted by Gasteiger charge is 2.24. The number of nitrogens with one attached hydrogen (secondary N) is 1. The standard InChI is InChI=1S/C28H30N2O3/c1-21-15-18-30(19-16-21)28(32)23-11-5-7-13-25(23)29-27(31)24-12-6-8-14-26(24)33-20-17-22-9-3-2-4-10-22/h2-14,21H,15-20H2,1H3,(H,29,31). The van der Waals surface area contributed by atoms with E-state index in [0.29, 0.717) is 35.1 Å². The van der Waals surface area contributed by atoms with E-state index in [-0.39, 0.29) is 11.8 Å². The average molecular weight is 443 g/mol. The molecule has 0 radical (unpaired) electrons. The molecule has 3 aromatic rings. The van der Waals surface area contributed by atoms with Crippen LogP contribution in [0.4, 0.5) is 5.69 Å². The SMILES string of the molecule is CC1CCN(C(=O)c2ccccc2NC(=O)c2ccccc2OCCc2ccccc2)CC1. The van der Waals surface area contributed by atoms with Gasteiger partial charge in [0.2, 0.25) is 0 Å². The summed E-state index contributed by atoms with van der Waals surface area (Å²) < 4.78 is 5.95. The maximum atomic E-state index is 13.1. The third kappa shape index (κ3) is 5.80. The number of para-hydroxylation sites is 2. The van der Waals surface area contributed by atoms with Crippen molar-refractivity contribution in [2.45, 2.75) is 26.2 Å². The lowest BCUT2D eigenvalue weighted by Crippen LogP contribution is -2.38. The zero-order valence-electron chi connectivity index (χ0n) is 19.0. The monoisotopic (exact) mass is 442 g/mol. The van der Waals surface area contributed by atoms with Gasteiger partial charge in [0, 0.05) is 19.5 Å². The molecule has 0 spiro atoms. The van der Waals surface area contributed by atoms with Crippen LogP contribution in [0.15, 0.2) is 78.9 Å². The fraction of sp³-hybridized carbons (Fsp3) is 0.286. The van der Waals surface area contributed by atoms with E-state index >= 15 is 0 Å². The van der Waals surface area contributed by atoms with Gasteiger partial charge in [-0.1, -0.05) is 61.5 Å². The van der Waals surface area contributed by atoms with E-state index in [4.69, 9.17) is 4.74 Å². The molecule has 0 aliphatic carbocycles. The molecule has 1 aliphatic rings. The van der Waals surface area contributed by atoms with Gasteiger partial charge in [0.15, 0.2) is 0 Å². The zero-order valence-corrected chi connectivity index (χ0v) is 19.0. The molecule has 1 aliphatic heterocycles. The normalized spacial score (nSPS) is 14.0. The van der Waals surface area contributed by atoms with Crippen LogP contribution in [0.1, 0.15) is 46.0 Å². The molecule has 1 fully saturated rings.